The Morgan fingerprint density at radius 3 is 2.68 bits per heavy atom. The molecule has 0 fully saturated rings. The maximum atomic E-state index is 12.9. The van der Waals surface area contributed by atoms with Gasteiger partial charge in [-0.2, -0.15) is 0 Å². The fourth-order valence-corrected chi connectivity index (χ4v) is 2.61. The molecule has 0 N–H and O–H groups in total. The Labute approximate surface area is 146 Å². The van der Waals surface area contributed by atoms with Crippen LogP contribution in [-0.4, -0.2) is 37.0 Å². The number of ether oxygens (including phenoxy) is 1. The lowest BCUT2D eigenvalue weighted by atomic mass is 10.1. The number of benzene rings is 1. The molecule has 0 radical (unpaired) electrons. The summed E-state index contributed by atoms with van der Waals surface area (Å²) in [5.74, 6) is -1.29. The lowest BCUT2D eigenvalue weighted by Gasteiger charge is -2.24. The van der Waals surface area contributed by atoms with Crippen LogP contribution in [0.15, 0.2) is 39.5 Å². The van der Waals surface area contributed by atoms with Gasteiger partial charge in [0.2, 0.25) is 0 Å². The number of para-hydroxylation sites is 1. The second-order valence-electron chi connectivity index (χ2n) is 6.01. The van der Waals surface area contributed by atoms with Crippen molar-refractivity contribution in [1.29, 1.82) is 0 Å². The van der Waals surface area contributed by atoms with Crippen LogP contribution in [0, 0.1) is 5.92 Å². The SMILES string of the molecule is CCCCN(CC(C)C(=O)OC)C(=O)c1cc2ccccc2oc1=O. The normalized spacial score (nSPS) is 12.0. The third-order valence-corrected chi connectivity index (χ3v) is 4.04. The Morgan fingerprint density at radius 2 is 2.00 bits per heavy atom. The molecule has 2 aromatic rings. The van der Waals surface area contributed by atoms with Gasteiger partial charge in [-0.25, -0.2) is 4.79 Å². The Kier molecular flexibility index (Phi) is 6.33. The van der Waals surface area contributed by atoms with Crippen LogP contribution < -0.4 is 5.63 Å². The van der Waals surface area contributed by atoms with Crippen molar-refractivity contribution in [3.05, 3.63) is 46.3 Å². The van der Waals surface area contributed by atoms with Crippen LogP contribution in [0.4, 0.5) is 0 Å². The maximum Gasteiger partial charge on any atom is 0.349 e. The zero-order chi connectivity index (χ0) is 18.4. The van der Waals surface area contributed by atoms with Gasteiger partial charge in [-0.1, -0.05) is 38.5 Å². The quantitative estimate of drug-likeness (QED) is 0.570. The van der Waals surface area contributed by atoms with Gasteiger partial charge in [0.15, 0.2) is 0 Å². The molecule has 0 bridgehead atoms. The highest BCUT2D eigenvalue weighted by Gasteiger charge is 2.24. The molecule has 0 aliphatic rings. The molecule has 134 valence electrons. The van der Waals surface area contributed by atoms with Gasteiger partial charge in [0.05, 0.1) is 13.0 Å². The molecule has 0 saturated heterocycles. The maximum absolute atomic E-state index is 12.9. The number of unbranched alkanes of at least 4 members (excludes halogenated alkanes) is 1. The number of carbonyl (C=O) groups excluding carboxylic acids is 2. The van der Waals surface area contributed by atoms with Crippen LogP contribution in [0.5, 0.6) is 0 Å². The van der Waals surface area contributed by atoms with Gasteiger partial charge in [0.25, 0.3) is 5.91 Å². The average molecular weight is 345 g/mol. The average Bonchev–Trinajstić information content (AvgIpc) is 2.63. The zero-order valence-electron chi connectivity index (χ0n) is 14.8. The predicted molar refractivity (Wildman–Crippen MR) is 94.5 cm³/mol. The number of fused-ring (bicyclic) bond motifs is 1. The van der Waals surface area contributed by atoms with Gasteiger partial charge in [0.1, 0.15) is 11.1 Å². The van der Waals surface area contributed by atoms with Crippen molar-refractivity contribution < 1.29 is 18.7 Å². The number of amides is 1. The Bertz CT molecular complexity index is 811. The first-order chi connectivity index (χ1) is 12.0. The van der Waals surface area contributed by atoms with E-state index < -0.39 is 17.5 Å². The number of rotatable bonds is 7. The van der Waals surface area contributed by atoms with E-state index in [0.717, 1.165) is 12.8 Å². The summed E-state index contributed by atoms with van der Waals surface area (Å²) in [4.78, 5) is 38.3. The minimum Gasteiger partial charge on any atom is -0.469 e. The molecule has 1 heterocycles. The number of hydrogen-bond donors (Lipinski definition) is 0. The van der Waals surface area contributed by atoms with Gasteiger partial charge in [-0.15, -0.1) is 0 Å². The van der Waals surface area contributed by atoms with Gasteiger partial charge < -0.3 is 14.1 Å². The third kappa shape index (κ3) is 4.47. The van der Waals surface area contributed by atoms with E-state index in [9.17, 15) is 14.4 Å². The summed E-state index contributed by atoms with van der Waals surface area (Å²) in [6.45, 7) is 4.36. The topological polar surface area (TPSA) is 76.8 Å². The monoisotopic (exact) mass is 345 g/mol. The number of esters is 1. The van der Waals surface area contributed by atoms with Crippen LogP contribution in [0.25, 0.3) is 11.0 Å². The summed E-state index contributed by atoms with van der Waals surface area (Å²) in [6.07, 6.45) is 1.67. The Morgan fingerprint density at radius 1 is 1.28 bits per heavy atom. The van der Waals surface area contributed by atoms with Crippen LogP contribution in [0.1, 0.15) is 37.0 Å². The summed E-state index contributed by atoms with van der Waals surface area (Å²) >= 11 is 0. The lowest BCUT2D eigenvalue weighted by Crippen LogP contribution is -2.39. The van der Waals surface area contributed by atoms with E-state index in [2.05, 4.69) is 0 Å². The van der Waals surface area contributed by atoms with Crippen LogP contribution in [0.3, 0.4) is 0 Å². The van der Waals surface area contributed by atoms with E-state index >= 15 is 0 Å². The molecule has 0 spiro atoms. The minimum absolute atomic E-state index is 0.0214. The molecule has 1 atom stereocenters. The largest absolute Gasteiger partial charge is 0.469 e. The van der Waals surface area contributed by atoms with Crippen molar-refractivity contribution in [3.8, 4) is 0 Å². The molecule has 25 heavy (non-hydrogen) atoms. The second-order valence-corrected chi connectivity index (χ2v) is 6.01. The van der Waals surface area contributed by atoms with Crippen molar-refractivity contribution in [1.82, 2.24) is 4.90 Å². The van der Waals surface area contributed by atoms with E-state index in [4.69, 9.17) is 9.15 Å². The van der Waals surface area contributed by atoms with E-state index in [-0.39, 0.29) is 18.1 Å². The van der Waals surface area contributed by atoms with Crippen molar-refractivity contribution in [2.45, 2.75) is 26.7 Å². The van der Waals surface area contributed by atoms with Crippen LogP contribution >= 0.6 is 0 Å². The van der Waals surface area contributed by atoms with Gasteiger partial charge >= 0.3 is 11.6 Å². The van der Waals surface area contributed by atoms with Crippen LogP contribution in [0.2, 0.25) is 0 Å². The van der Waals surface area contributed by atoms with E-state index in [1.54, 1.807) is 31.2 Å². The second kappa shape index (κ2) is 8.46. The number of carbonyl (C=O) groups is 2. The fraction of sp³-hybridized carbons (Fsp3) is 0.421. The Balaban J connectivity index is 2.33. The molecule has 2 rings (SSSR count). The molecule has 0 saturated carbocycles. The highest BCUT2D eigenvalue weighted by atomic mass is 16.5. The standard InChI is InChI=1S/C19H23NO5/c1-4-5-10-20(12-13(2)18(22)24-3)17(21)15-11-14-8-6-7-9-16(14)25-19(15)23/h6-9,11,13H,4-5,10,12H2,1-3H3. The van der Waals surface area contributed by atoms with Gasteiger partial charge in [-0.05, 0) is 18.6 Å². The first-order valence-corrected chi connectivity index (χ1v) is 8.38. The van der Waals surface area contributed by atoms with E-state index in [1.165, 1.54) is 12.0 Å². The van der Waals surface area contributed by atoms with E-state index in [0.29, 0.717) is 17.5 Å². The molecule has 1 aromatic carbocycles. The van der Waals surface area contributed by atoms with Crippen molar-refractivity contribution in [2.24, 2.45) is 5.92 Å². The molecule has 0 aliphatic carbocycles. The summed E-state index contributed by atoms with van der Waals surface area (Å²) in [5, 5.41) is 0.682. The summed E-state index contributed by atoms with van der Waals surface area (Å²) in [6, 6.07) is 8.58. The highest BCUT2D eigenvalue weighted by molar-refractivity contribution is 5.96. The molecule has 1 amide bonds. The summed E-state index contributed by atoms with van der Waals surface area (Å²) in [5.41, 5.74) is -0.255. The molecule has 1 unspecified atom stereocenters. The summed E-state index contributed by atoms with van der Waals surface area (Å²) in [7, 11) is 1.31. The molecular weight excluding hydrogens is 322 g/mol. The van der Waals surface area contributed by atoms with Gasteiger partial charge in [0, 0.05) is 18.5 Å². The smallest absolute Gasteiger partial charge is 0.349 e. The summed E-state index contributed by atoms with van der Waals surface area (Å²) < 4.78 is 9.97. The predicted octanol–water partition coefficient (Wildman–Crippen LogP) is 2.84. The highest BCUT2D eigenvalue weighted by Crippen LogP contribution is 2.15. The Hall–Kier alpha value is -2.63. The molecule has 6 heteroatoms. The molecular formula is C19H23NO5. The lowest BCUT2D eigenvalue weighted by molar-refractivity contribution is -0.145. The van der Waals surface area contributed by atoms with E-state index in [1.807, 2.05) is 13.0 Å². The third-order valence-electron chi connectivity index (χ3n) is 4.04. The number of nitrogens with zero attached hydrogens (tertiary/aromatic N) is 1. The van der Waals surface area contributed by atoms with Crippen molar-refractivity contribution in [2.75, 3.05) is 20.2 Å². The zero-order valence-corrected chi connectivity index (χ0v) is 14.8. The van der Waals surface area contributed by atoms with Gasteiger partial charge in [-0.3, -0.25) is 9.59 Å². The molecule has 0 aliphatic heterocycles. The first kappa shape index (κ1) is 18.7. The van der Waals surface area contributed by atoms with Crippen LogP contribution in [-0.2, 0) is 9.53 Å². The number of methoxy groups -OCH3 is 1. The fourth-order valence-electron chi connectivity index (χ4n) is 2.61. The number of hydrogen-bond acceptors (Lipinski definition) is 5. The van der Waals surface area contributed by atoms with Crippen molar-refractivity contribution >= 4 is 22.8 Å². The van der Waals surface area contributed by atoms with Crippen molar-refractivity contribution in [3.63, 3.8) is 0 Å². The molecule has 1 aromatic heterocycles. The molecule has 6 nitrogen and oxygen atoms in total. The minimum atomic E-state index is -0.670. The first-order valence-electron chi connectivity index (χ1n) is 8.38.